The van der Waals surface area contributed by atoms with Gasteiger partial charge in [-0.25, -0.2) is 9.97 Å². The van der Waals surface area contributed by atoms with Gasteiger partial charge >= 0.3 is 0 Å². The molecule has 0 atom stereocenters. The molecule has 0 radical (unpaired) electrons. The second kappa shape index (κ2) is 10.8. The smallest absolute Gasteiger partial charge is 0.108 e. The molecule has 5 rings (SSSR count). The minimum Gasteiger partial charge on any atom is -0.355 e. The maximum Gasteiger partial charge on any atom is 0.108 e. The fourth-order valence-corrected chi connectivity index (χ4v) is 6.85. The third kappa shape index (κ3) is 4.99. The van der Waals surface area contributed by atoms with Gasteiger partial charge in [0.25, 0.3) is 0 Å². The van der Waals surface area contributed by atoms with E-state index in [-0.39, 0.29) is 0 Å². The van der Waals surface area contributed by atoms with Crippen molar-refractivity contribution in [3.8, 4) is 0 Å². The number of aromatic nitrogens is 4. The SMILES string of the molecule is CCC1=C(C)c2nc1cc1[nH]c(cc3[nH]c(cc4nc(c2C[N+](C)(C)C)C(CC)=C4C)c(CC)c3C)c(CC)c1C. The monoisotopic (exact) mass is 550 g/mol. The number of rotatable bonds is 6. The van der Waals surface area contributed by atoms with Gasteiger partial charge < -0.3 is 14.5 Å². The molecule has 0 aliphatic carbocycles. The number of aromatic amines is 2. The molecule has 0 saturated carbocycles. The van der Waals surface area contributed by atoms with Crippen LogP contribution in [0.4, 0.5) is 0 Å². The predicted octanol–water partition coefficient (Wildman–Crippen LogP) is 8.94. The Balaban J connectivity index is 2.06. The summed E-state index contributed by atoms with van der Waals surface area (Å²) in [6.45, 7) is 18.8. The summed E-state index contributed by atoms with van der Waals surface area (Å²) in [4.78, 5) is 18.4. The maximum atomic E-state index is 5.41. The van der Waals surface area contributed by atoms with Gasteiger partial charge in [0.1, 0.15) is 6.54 Å². The van der Waals surface area contributed by atoms with E-state index in [1.54, 1.807) is 0 Å². The van der Waals surface area contributed by atoms with Gasteiger partial charge in [-0.05, 0) is 116 Å². The van der Waals surface area contributed by atoms with E-state index in [1.807, 2.05) is 0 Å². The number of nitrogens with one attached hydrogen (secondary N) is 2. The van der Waals surface area contributed by atoms with E-state index < -0.39 is 0 Å². The molecule has 0 spiro atoms. The van der Waals surface area contributed by atoms with E-state index >= 15 is 0 Å². The lowest BCUT2D eigenvalue weighted by Gasteiger charge is -2.25. The van der Waals surface area contributed by atoms with Crippen molar-refractivity contribution in [3.05, 3.63) is 68.8 Å². The first kappa shape index (κ1) is 29.1. The van der Waals surface area contributed by atoms with E-state index in [9.17, 15) is 0 Å². The highest BCUT2D eigenvalue weighted by molar-refractivity contribution is 5.97. The third-order valence-corrected chi connectivity index (χ3v) is 9.08. The van der Waals surface area contributed by atoms with Crippen LogP contribution in [-0.4, -0.2) is 45.6 Å². The van der Waals surface area contributed by atoms with E-state index in [0.29, 0.717) is 0 Å². The third-order valence-electron chi connectivity index (χ3n) is 9.08. The van der Waals surface area contributed by atoms with Crippen LogP contribution in [0.1, 0.15) is 105 Å². The first-order chi connectivity index (χ1) is 19.4. The highest BCUT2D eigenvalue weighted by atomic mass is 15.3. The number of fused-ring (bicyclic) bond motifs is 8. The lowest BCUT2D eigenvalue weighted by molar-refractivity contribution is -0.884. The summed E-state index contributed by atoms with van der Waals surface area (Å²) in [5.74, 6) is 0. The van der Waals surface area contributed by atoms with Crippen LogP contribution in [0.5, 0.6) is 0 Å². The molecule has 2 aliphatic rings. The van der Waals surface area contributed by atoms with Crippen LogP contribution >= 0.6 is 0 Å². The Labute approximate surface area is 246 Å². The summed E-state index contributed by atoms with van der Waals surface area (Å²) in [6.07, 6.45) is 3.83. The Morgan fingerprint density at radius 3 is 1.61 bits per heavy atom. The van der Waals surface area contributed by atoms with Gasteiger partial charge in [-0.15, -0.1) is 0 Å². The molecule has 0 fully saturated rings. The maximum absolute atomic E-state index is 5.41. The molecular weight excluding hydrogens is 502 g/mol. The van der Waals surface area contributed by atoms with Crippen molar-refractivity contribution in [3.63, 3.8) is 0 Å². The van der Waals surface area contributed by atoms with Crippen LogP contribution in [0.3, 0.4) is 0 Å². The molecule has 8 bridgehead atoms. The fraction of sp³-hybridized carbons (Fsp3) is 0.444. The molecule has 5 heteroatoms. The quantitative estimate of drug-likeness (QED) is 0.301. The molecule has 2 N–H and O–H groups in total. The topological polar surface area (TPSA) is 57.4 Å². The molecule has 216 valence electrons. The van der Waals surface area contributed by atoms with Crippen molar-refractivity contribution in [1.29, 1.82) is 0 Å². The number of aryl methyl sites for hydroxylation is 4. The minimum absolute atomic E-state index is 0.810. The zero-order valence-corrected chi connectivity index (χ0v) is 27.1. The highest BCUT2D eigenvalue weighted by Crippen LogP contribution is 2.40. The first-order valence-electron chi connectivity index (χ1n) is 15.4. The van der Waals surface area contributed by atoms with Crippen molar-refractivity contribution < 1.29 is 4.48 Å². The van der Waals surface area contributed by atoms with Crippen LogP contribution < -0.4 is 0 Å². The molecule has 2 aliphatic heterocycles. The van der Waals surface area contributed by atoms with Crippen LogP contribution in [0.2, 0.25) is 0 Å². The Morgan fingerprint density at radius 2 is 1.07 bits per heavy atom. The molecule has 3 aromatic heterocycles. The van der Waals surface area contributed by atoms with Crippen molar-refractivity contribution in [2.45, 2.75) is 87.6 Å². The summed E-state index contributed by atoms with van der Waals surface area (Å²) >= 11 is 0. The first-order valence-corrected chi connectivity index (χ1v) is 15.4. The molecule has 41 heavy (non-hydrogen) atoms. The average Bonchev–Trinajstić information content (AvgIpc) is 3.59. The number of nitrogens with zero attached hydrogens (tertiary/aromatic N) is 3. The summed E-state index contributed by atoms with van der Waals surface area (Å²) in [5.41, 5.74) is 20.8. The van der Waals surface area contributed by atoms with E-state index in [1.165, 1.54) is 61.1 Å². The normalized spacial score (nSPS) is 14.0. The van der Waals surface area contributed by atoms with Gasteiger partial charge in [-0.3, -0.25) is 0 Å². The summed E-state index contributed by atoms with van der Waals surface area (Å²) in [6, 6.07) is 6.87. The predicted molar refractivity (Wildman–Crippen MR) is 177 cm³/mol. The van der Waals surface area contributed by atoms with Gasteiger partial charge in [0, 0.05) is 22.1 Å². The van der Waals surface area contributed by atoms with Crippen LogP contribution in [0, 0.1) is 13.8 Å². The van der Waals surface area contributed by atoms with E-state index in [0.717, 1.165) is 70.5 Å². The van der Waals surface area contributed by atoms with E-state index in [4.69, 9.17) is 9.97 Å². The summed E-state index contributed by atoms with van der Waals surface area (Å²) < 4.78 is 0.810. The number of quaternary nitrogens is 1. The second-order valence-electron chi connectivity index (χ2n) is 12.8. The number of hydrogen-bond donors (Lipinski definition) is 2. The van der Waals surface area contributed by atoms with Gasteiger partial charge in [-0.2, -0.15) is 0 Å². The Hall–Kier alpha value is -3.44. The van der Waals surface area contributed by atoms with Crippen LogP contribution in [-0.2, 0) is 19.4 Å². The molecule has 0 saturated heterocycles. The van der Waals surface area contributed by atoms with Gasteiger partial charge in [0.15, 0.2) is 0 Å². The molecule has 3 aromatic rings. The average molecular weight is 551 g/mol. The van der Waals surface area contributed by atoms with Crippen LogP contribution in [0.15, 0.2) is 18.2 Å². The zero-order valence-electron chi connectivity index (χ0n) is 27.1. The molecule has 0 amide bonds. The number of H-pyrrole nitrogens is 2. The summed E-state index contributed by atoms with van der Waals surface area (Å²) in [7, 11) is 6.78. The lowest BCUT2D eigenvalue weighted by atomic mass is 9.96. The Kier molecular flexibility index (Phi) is 7.63. The molecule has 0 aromatic carbocycles. The van der Waals surface area contributed by atoms with Gasteiger partial charge in [-0.1, -0.05) is 27.7 Å². The van der Waals surface area contributed by atoms with Gasteiger partial charge in [0.05, 0.1) is 49.5 Å². The lowest BCUT2D eigenvalue weighted by Crippen LogP contribution is -2.34. The van der Waals surface area contributed by atoms with Crippen molar-refractivity contribution >= 4 is 44.4 Å². The molecular formula is C36H48N5+. The fourth-order valence-electron chi connectivity index (χ4n) is 6.85. The minimum atomic E-state index is 0.810. The van der Waals surface area contributed by atoms with Crippen LogP contribution in [0.25, 0.3) is 44.4 Å². The highest BCUT2D eigenvalue weighted by Gasteiger charge is 2.28. The standard InChI is InChI=1S/C36H48N5/c1-12-24-21(6)30-17-34-26(14-3)23(8)35(40-34)28(19-41(9,10)11)36-27(15-4)22(7)31(39-36)18-33-25(13-2)20(5)29(37-33)16-32(24)38-30/h16-18,37-38H,12-15,19H2,1-11H3/q+1. The van der Waals surface area contributed by atoms with E-state index in [2.05, 4.69) is 105 Å². The molecule has 5 nitrogen and oxygen atoms in total. The Morgan fingerprint density at radius 1 is 0.561 bits per heavy atom. The summed E-state index contributed by atoms with van der Waals surface area (Å²) in [5, 5.41) is 0. The molecule has 0 unspecified atom stereocenters. The van der Waals surface area contributed by atoms with Crippen molar-refractivity contribution in [2.75, 3.05) is 21.1 Å². The Bertz CT molecular complexity index is 1770. The van der Waals surface area contributed by atoms with Crippen molar-refractivity contribution in [1.82, 2.24) is 19.9 Å². The van der Waals surface area contributed by atoms with Gasteiger partial charge in [0.2, 0.25) is 0 Å². The van der Waals surface area contributed by atoms with Crippen molar-refractivity contribution in [2.24, 2.45) is 0 Å². The number of allylic oxidation sites excluding steroid dienone is 4. The largest absolute Gasteiger partial charge is 0.355 e. The molecule has 5 heterocycles. The second-order valence-corrected chi connectivity index (χ2v) is 12.8. The zero-order chi connectivity index (χ0) is 29.8. The number of hydrogen-bond acceptors (Lipinski definition) is 2.